The first kappa shape index (κ1) is 18.2. The zero-order chi connectivity index (χ0) is 18.8. The lowest BCUT2D eigenvalue weighted by atomic mass is 9.95. The molecule has 4 rings (SSSR count). The van der Waals surface area contributed by atoms with Crippen molar-refractivity contribution < 1.29 is 0 Å². The molecule has 1 saturated carbocycles. The first-order valence-corrected chi connectivity index (χ1v) is 10.1. The van der Waals surface area contributed by atoms with Gasteiger partial charge in [0.1, 0.15) is 5.82 Å². The topological polar surface area (TPSA) is 61.3 Å². The number of para-hydroxylation sites is 1. The Hall–Kier alpha value is -2.21. The second-order valence-corrected chi connectivity index (χ2v) is 7.79. The van der Waals surface area contributed by atoms with Crippen molar-refractivity contribution in [3.05, 3.63) is 56.2 Å². The molecule has 2 aliphatic rings. The Balaban J connectivity index is 1.49. The molecule has 27 heavy (non-hydrogen) atoms. The summed E-state index contributed by atoms with van der Waals surface area (Å²) in [4.78, 5) is 32.5. The molecule has 0 atom stereocenters. The molecule has 2 aromatic rings. The van der Waals surface area contributed by atoms with Gasteiger partial charge in [0.25, 0.3) is 5.56 Å². The smallest absolute Gasteiger partial charge is 0.330 e. The molecule has 0 radical (unpaired) electrons. The van der Waals surface area contributed by atoms with E-state index >= 15 is 0 Å². The number of hydrogen-bond acceptors (Lipinski definition) is 4. The number of aromatic amines is 1. The summed E-state index contributed by atoms with van der Waals surface area (Å²) in [7, 11) is 0. The summed E-state index contributed by atoms with van der Waals surface area (Å²) in [6.07, 6.45) is 5.19. The standard InChI is InChI=1S/C20H25ClN4O2/c21-16-8-4-5-9-17(16)23-10-12-24(13-11-23)18-14-19(26)25(20(27)22-18)15-6-2-1-3-7-15/h4-5,8-9,14-15H,1-3,6-7,10-13H2,(H,22,27). The lowest BCUT2D eigenvalue weighted by Crippen LogP contribution is -2.48. The largest absolute Gasteiger partial charge is 0.367 e. The number of halogens is 1. The van der Waals surface area contributed by atoms with Gasteiger partial charge >= 0.3 is 5.69 Å². The zero-order valence-electron chi connectivity index (χ0n) is 15.4. The minimum atomic E-state index is -0.280. The van der Waals surface area contributed by atoms with Gasteiger partial charge in [0.05, 0.1) is 10.7 Å². The van der Waals surface area contributed by atoms with Gasteiger partial charge < -0.3 is 9.80 Å². The molecular formula is C20H25ClN4O2. The number of H-pyrrole nitrogens is 1. The van der Waals surface area contributed by atoms with Crippen molar-refractivity contribution in [2.24, 2.45) is 0 Å². The van der Waals surface area contributed by atoms with Crippen molar-refractivity contribution >= 4 is 23.1 Å². The van der Waals surface area contributed by atoms with E-state index in [1.807, 2.05) is 24.3 Å². The number of rotatable bonds is 3. The molecule has 1 aromatic heterocycles. The first-order chi connectivity index (χ1) is 13.1. The molecule has 0 unspecified atom stereocenters. The van der Waals surface area contributed by atoms with E-state index in [2.05, 4.69) is 14.8 Å². The van der Waals surface area contributed by atoms with Gasteiger partial charge in [-0.15, -0.1) is 0 Å². The highest BCUT2D eigenvalue weighted by Crippen LogP contribution is 2.27. The normalized spacial score (nSPS) is 18.7. The first-order valence-electron chi connectivity index (χ1n) is 9.74. The van der Waals surface area contributed by atoms with Gasteiger partial charge in [-0.25, -0.2) is 4.79 Å². The lowest BCUT2D eigenvalue weighted by molar-refractivity contribution is 0.336. The molecule has 0 spiro atoms. The monoisotopic (exact) mass is 388 g/mol. The Morgan fingerprint density at radius 2 is 1.59 bits per heavy atom. The molecular weight excluding hydrogens is 364 g/mol. The predicted molar refractivity (Wildman–Crippen MR) is 109 cm³/mol. The summed E-state index contributed by atoms with van der Waals surface area (Å²) >= 11 is 6.30. The van der Waals surface area contributed by atoms with Crippen LogP contribution in [0.15, 0.2) is 39.9 Å². The third-order valence-electron chi connectivity index (χ3n) is 5.70. The third kappa shape index (κ3) is 3.76. The highest BCUT2D eigenvalue weighted by Gasteiger charge is 2.23. The van der Waals surface area contributed by atoms with Crippen LogP contribution in [0.3, 0.4) is 0 Å². The molecule has 1 N–H and O–H groups in total. The van der Waals surface area contributed by atoms with E-state index in [4.69, 9.17) is 11.6 Å². The van der Waals surface area contributed by atoms with Crippen molar-refractivity contribution in [1.82, 2.24) is 9.55 Å². The van der Waals surface area contributed by atoms with E-state index in [0.717, 1.165) is 62.6 Å². The molecule has 2 fully saturated rings. The van der Waals surface area contributed by atoms with Crippen LogP contribution >= 0.6 is 11.6 Å². The Morgan fingerprint density at radius 3 is 2.26 bits per heavy atom. The predicted octanol–water partition coefficient (Wildman–Crippen LogP) is 3.02. The third-order valence-corrected chi connectivity index (χ3v) is 6.02. The molecule has 1 aromatic carbocycles. The fourth-order valence-corrected chi connectivity index (χ4v) is 4.50. The van der Waals surface area contributed by atoms with Gasteiger partial charge in [0, 0.05) is 38.3 Å². The molecule has 6 nitrogen and oxygen atoms in total. The maximum atomic E-state index is 12.6. The van der Waals surface area contributed by atoms with E-state index in [-0.39, 0.29) is 17.3 Å². The van der Waals surface area contributed by atoms with Crippen LogP contribution in [0.1, 0.15) is 38.1 Å². The van der Waals surface area contributed by atoms with Gasteiger partial charge in [-0.2, -0.15) is 0 Å². The summed E-state index contributed by atoms with van der Waals surface area (Å²) in [6, 6.07) is 9.45. The van der Waals surface area contributed by atoms with Gasteiger partial charge in [-0.3, -0.25) is 14.3 Å². The van der Waals surface area contributed by atoms with Crippen molar-refractivity contribution in [3.8, 4) is 0 Å². The molecule has 0 amide bonds. The van der Waals surface area contributed by atoms with Crippen LogP contribution in [0.4, 0.5) is 11.5 Å². The Morgan fingerprint density at radius 1 is 0.926 bits per heavy atom. The number of benzene rings is 1. The SMILES string of the molecule is O=c1cc(N2CCN(c3ccccc3Cl)CC2)[nH]c(=O)n1C1CCCCC1. The average molecular weight is 389 g/mol. The Kier molecular flexibility index (Phi) is 5.25. The molecule has 0 bridgehead atoms. The summed E-state index contributed by atoms with van der Waals surface area (Å²) in [5.41, 5.74) is 0.562. The fraction of sp³-hybridized carbons (Fsp3) is 0.500. The van der Waals surface area contributed by atoms with E-state index in [9.17, 15) is 9.59 Å². The zero-order valence-corrected chi connectivity index (χ0v) is 16.1. The minimum absolute atomic E-state index is 0.0427. The van der Waals surface area contributed by atoms with Crippen molar-refractivity contribution in [2.45, 2.75) is 38.1 Å². The molecule has 1 aliphatic heterocycles. The molecule has 1 aliphatic carbocycles. The quantitative estimate of drug-likeness (QED) is 0.877. The van der Waals surface area contributed by atoms with Crippen molar-refractivity contribution in [2.75, 3.05) is 36.0 Å². The summed E-state index contributed by atoms with van der Waals surface area (Å²) in [5.74, 6) is 0.621. The van der Waals surface area contributed by atoms with Crippen LogP contribution in [0.2, 0.25) is 5.02 Å². The molecule has 7 heteroatoms. The number of nitrogens with zero attached hydrogens (tertiary/aromatic N) is 3. The highest BCUT2D eigenvalue weighted by molar-refractivity contribution is 6.33. The highest BCUT2D eigenvalue weighted by atomic mass is 35.5. The van der Waals surface area contributed by atoms with Gasteiger partial charge in [-0.05, 0) is 25.0 Å². The number of anilines is 2. The summed E-state index contributed by atoms with van der Waals surface area (Å²) in [5, 5.41) is 0.745. The van der Waals surface area contributed by atoms with Crippen LogP contribution in [0, 0.1) is 0 Å². The Labute approximate surface area is 163 Å². The Bertz CT molecular complexity index is 877. The number of piperazine rings is 1. The van der Waals surface area contributed by atoms with Gasteiger partial charge in [-0.1, -0.05) is 43.0 Å². The van der Waals surface area contributed by atoms with Crippen LogP contribution in [0.5, 0.6) is 0 Å². The molecule has 2 heterocycles. The average Bonchev–Trinajstić information content (AvgIpc) is 2.69. The minimum Gasteiger partial charge on any atom is -0.367 e. The lowest BCUT2D eigenvalue weighted by Gasteiger charge is -2.37. The van der Waals surface area contributed by atoms with Gasteiger partial charge in [0.15, 0.2) is 0 Å². The van der Waals surface area contributed by atoms with E-state index < -0.39 is 0 Å². The number of hydrogen-bond donors (Lipinski definition) is 1. The van der Waals surface area contributed by atoms with E-state index in [1.165, 1.54) is 11.0 Å². The summed E-state index contributed by atoms with van der Waals surface area (Å²) < 4.78 is 1.42. The number of aromatic nitrogens is 2. The maximum Gasteiger partial charge on any atom is 0.330 e. The fourth-order valence-electron chi connectivity index (χ4n) is 4.24. The second kappa shape index (κ2) is 7.80. The van der Waals surface area contributed by atoms with Crippen LogP contribution in [-0.2, 0) is 0 Å². The summed E-state index contributed by atoms with van der Waals surface area (Å²) in [6.45, 7) is 3.04. The second-order valence-electron chi connectivity index (χ2n) is 7.39. The van der Waals surface area contributed by atoms with Crippen LogP contribution in [0.25, 0.3) is 0 Å². The van der Waals surface area contributed by atoms with E-state index in [0.29, 0.717) is 5.82 Å². The van der Waals surface area contributed by atoms with Crippen molar-refractivity contribution in [1.29, 1.82) is 0 Å². The molecule has 144 valence electrons. The maximum absolute atomic E-state index is 12.6. The van der Waals surface area contributed by atoms with Crippen molar-refractivity contribution in [3.63, 3.8) is 0 Å². The van der Waals surface area contributed by atoms with Gasteiger partial charge in [0.2, 0.25) is 0 Å². The number of nitrogens with one attached hydrogen (secondary N) is 1. The van der Waals surface area contributed by atoms with Crippen LogP contribution < -0.4 is 21.0 Å². The van der Waals surface area contributed by atoms with Crippen LogP contribution in [-0.4, -0.2) is 35.7 Å². The molecule has 1 saturated heterocycles. The van der Waals surface area contributed by atoms with E-state index in [1.54, 1.807) is 6.07 Å².